The summed E-state index contributed by atoms with van der Waals surface area (Å²) < 4.78 is 22.1. The second kappa shape index (κ2) is 17.3. The molecule has 2 rings (SSSR count). The Morgan fingerprint density at radius 1 is 0.694 bits per heavy atom. The van der Waals surface area contributed by atoms with Gasteiger partial charge in [0.1, 0.15) is 48.8 Å². The summed E-state index contributed by atoms with van der Waals surface area (Å²) >= 11 is 0. The second-order valence-electron chi connectivity index (χ2n) is 9.99. The predicted molar refractivity (Wildman–Crippen MR) is 137 cm³/mol. The van der Waals surface area contributed by atoms with Crippen molar-refractivity contribution in [1.29, 1.82) is 0 Å². The van der Waals surface area contributed by atoms with Crippen LogP contribution in [0.1, 0.15) is 54.4 Å². The van der Waals surface area contributed by atoms with Crippen molar-refractivity contribution in [1.82, 2.24) is 0 Å². The lowest BCUT2D eigenvalue weighted by Gasteiger charge is -2.43. The Morgan fingerprint density at radius 2 is 1.19 bits per heavy atom. The van der Waals surface area contributed by atoms with Gasteiger partial charge in [0, 0.05) is 0 Å². The van der Waals surface area contributed by atoms with E-state index in [1.165, 1.54) is 0 Å². The van der Waals surface area contributed by atoms with Crippen LogP contribution in [-0.4, -0.2) is 131 Å². The van der Waals surface area contributed by atoms with Crippen LogP contribution in [-0.2, 0) is 18.9 Å². The monoisotopic (exact) mass is 518 g/mol. The van der Waals surface area contributed by atoms with E-state index in [1.54, 1.807) is 0 Å². The normalized spacial score (nSPS) is 36.9. The van der Waals surface area contributed by atoms with E-state index in [1.807, 2.05) is 56.1 Å². The number of aliphatic hydroxyl groups is 6. The van der Waals surface area contributed by atoms with Crippen molar-refractivity contribution in [2.75, 3.05) is 13.2 Å². The van der Waals surface area contributed by atoms with E-state index >= 15 is 0 Å². The first-order valence-corrected chi connectivity index (χ1v) is 13.2. The predicted octanol–water partition coefficient (Wildman–Crippen LogP) is -0.497. The van der Waals surface area contributed by atoms with Gasteiger partial charge in [-0.1, -0.05) is 39.3 Å². The van der Waals surface area contributed by atoms with Crippen LogP contribution in [0, 0.1) is 0 Å². The smallest absolute Gasteiger partial charge is 0.153 e. The first-order valence-electron chi connectivity index (χ1n) is 13.2. The summed E-state index contributed by atoms with van der Waals surface area (Å²) in [4.78, 5) is 0. The summed E-state index contributed by atoms with van der Waals surface area (Å²) in [6, 6.07) is -1.10. The third-order valence-corrected chi connectivity index (χ3v) is 6.05. The van der Waals surface area contributed by atoms with E-state index in [0.717, 1.165) is 25.5 Å². The highest BCUT2D eigenvalue weighted by atomic mass is 16.6. The molecule has 0 spiro atoms. The molecule has 36 heavy (non-hydrogen) atoms. The molecule has 2 radical (unpaired) electrons. The van der Waals surface area contributed by atoms with Gasteiger partial charge in [0.25, 0.3) is 0 Å². The topological polar surface area (TPSA) is 158 Å². The van der Waals surface area contributed by atoms with Crippen LogP contribution in [0.3, 0.4) is 0 Å². The van der Waals surface area contributed by atoms with Crippen LogP contribution in [0.15, 0.2) is 0 Å². The average Bonchev–Trinajstić information content (AvgIpc) is 2.84. The van der Waals surface area contributed by atoms with Crippen LogP contribution >= 0.6 is 0 Å². The minimum Gasteiger partial charge on any atom is -0.394 e. The van der Waals surface area contributed by atoms with Crippen molar-refractivity contribution in [2.45, 2.75) is 140 Å². The summed E-state index contributed by atoms with van der Waals surface area (Å²) in [7, 11) is 3.67. The molecule has 0 aromatic carbocycles. The zero-order chi connectivity index (χ0) is 27.4. The molecule has 12 heteroatoms. The van der Waals surface area contributed by atoms with E-state index in [9.17, 15) is 30.6 Å². The van der Waals surface area contributed by atoms with Crippen molar-refractivity contribution in [3.63, 3.8) is 0 Å². The first kappa shape index (κ1) is 33.8. The highest BCUT2D eigenvalue weighted by molar-refractivity contribution is 6.37. The maximum atomic E-state index is 10.1. The Kier molecular flexibility index (Phi) is 16.3. The van der Waals surface area contributed by atoms with Crippen LogP contribution in [0.4, 0.5) is 0 Å². The van der Waals surface area contributed by atoms with Crippen LogP contribution in [0.25, 0.3) is 0 Å². The van der Waals surface area contributed by atoms with Gasteiger partial charge >= 0.3 is 0 Å². The zero-order valence-corrected chi connectivity index (χ0v) is 22.6. The van der Waals surface area contributed by atoms with Gasteiger partial charge < -0.3 is 49.6 Å². The molecular weight excluding hydrogens is 470 g/mol. The molecule has 2 heterocycles. The number of hydrogen-bond acceptors (Lipinski definition) is 10. The third-order valence-electron chi connectivity index (χ3n) is 6.05. The lowest BCUT2D eigenvalue weighted by atomic mass is 9.63. The summed E-state index contributed by atoms with van der Waals surface area (Å²) in [6.07, 6.45) is -3.97. The Bertz CT molecular complexity index is 561. The van der Waals surface area contributed by atoms with E-state index in [0.29, 0.717) is 0 Å². The van der Waals surface area contributed by atoms with Gasteiger partial charge in [-0.05, 0) is 27.7 Å². The lowest BCUT2D eigenvalue weighted by Crippen LogP contribution is -2.61. The average molecular weight is 518 g/mol. The molecule has 2 fully saturated rings. The van der Waals surface area contributed by atoms with Gasteiger partial charge in [-0.25, -0.2) is 0 Å². The highest BCUT2D eigenvalue weighted by Gasteiger charge is 2.45. The Hall–Kier alpha value is -0.270. The number of aliphatic hydroxyl groups excluding tert-OH is 6. The quantitative estimate of drug-likeness (QED) is 0.186. The number of ether oxygens (including phenoxy) is 4. The minimum absolute atomic E-state index is 0.0304. The molecule has 210 valence electrons. The molecule has 4 unspecified atom stereocenters. The molecule has 6 N–H and O–H groups in total. The maximum absolute atomic E-state index is 10.1. The van der Waals surface area contributed by atoms with E-state index in [4.69, 9.17) is 18.9 Å². The van der Waals surface area contributed by atoms with Gasteiger partial charge in [0.05, 0.1) is 37.4 Å². The number of rotatable bonds is 12. The Balaban J connectivity index is 0.000000360. The maximum Gasteiger partial charge on any atom is 0.153 e. The zero-order valence-electron chi connectivity index (χ0n) is 22.6. The van der Waals surface area contributed by atoms with Crippen molar-refractivity contribution in [3.05, 3.63) is 0 Å². The minimum atomic E-state index is -1.20. The van der Waals surface area contributed by atoms with Gasteiger partial charge in [-0.3, -0.25) is 0 Å². The van der Waals surface area contributed by atoms with Crippen LogP contribution < -0.4 is 0 Å². The fourth-order valence-electron chi connectivity index (χ4n) is 4.05. The molecule has 0 bridgehead atoms. The van der Waals surface area contributed by atoms with Gasteiger partial charge in [-0.2, -0.15) is 0 Å². The van der Waals surface area contributed by atoms with E-state index in [-0.39, 0.29) is 25.4 Å². The van der Waals surface area contributed by atoms with Gasteiger partial charge in [0.2, 0.25) is 0 Å². The van der Waals surface area contributed by atoms with Crippen molar-refractivity contribution >= 4 is 14.6 Å². The standard InChI is InChI=1S/2C12H24BO5/c1-4-5-13-12-10(16)9(15)11(17-7(2)3)8(6-14)18-12;1-4-5-13-12-11(16)10(15)9(14)8(18-12)6-17-7(2)3/h2*7-12,14-16H,4-6H2,1-3H3/t8?,9-,10?,11-,12-;8?,9-,10+,11?,12-/m11/s1. The largest absolute Gasteiger partial charge is 0.394 e. The molecule has 0 aliphatic carbocycles. The molecule has 2 saturated heterocycles. The highest BCUT2D eigenvalue weighted by Crippen LogP contribution is 2.25. The van der Waals surface area contributed by atoms with E-state index < -0.39 is 60.8 Å². The lowest BCUT2D eigenvalue weighted by molar-refractivity contribution is -0.231. The third kappa shape index (κ3) is 10.5. The number of hydrogen-bond donors (Lipinski definition) is 6. The SMILES string of the molecule is CCC[B][C@@H]1OC(CO)[C@@H](OC(C)C)[C@H](O)C1O.CCC[B][C@@H]1OC(COC(C)C)[C@@H](O)[C@H](O)C1O. The fourth-order valence-corrected chi connectivity index (χ4v) is 4.05. The Labute approximate surface area is 217 Å². The molecule has 10 nitrogen and oxygen atoms in total. The molecule has 0 aromatic heterocycles. The molecule has 0 amide bonds. The molecule has 0 saturated carbocycles. The second-order valence-corrected chi connectivity index (χ2v) is 9.99. The molecular formula is C24H48B2O10. The molecule has 10 atom stereocenters. The van der Waals surface area contributed by atoms with Gasteiger partial charge in [-0.15, -0.1) is 0 Å². The van der Waals surface area contributed by atoms with Crippen molar-refractivity contribution < 1.29 is 49.6 Å². The summed E-state index contributed by atoms with van der Waals surface area (Å²) in [5.41, 5.74) is 0. The molecule has 2 aliphatic rings. The summed E-state index contributed by atoms with van der Waals surface area (Å²) in [6.45, 7) is 11.5. The molecule has 2 aliphatic heterocycles. The Morgan fingerprint density at radius 3 is 1.64 bits per heavy atom. The van der Waals surface area contributed by atoms with Crippen LogP contribution in [0.5, 0.6) is 0 Å². The van der Waals surface area contributed by atoms with Gasteiger partial charge in [0.15, 0.2) is 14.6 Å². The summed E-state index contributed by atoms with van der Waals surface area (Å²) in [5, 5.41) is 58.8. The van der Waals surface area contributed by atoms with Crippen molar-refractivity contribution in [3.8, 4) is 0 Å². The summed E-state index contributed by atoms with van der Waals surface area (Å²) in [5.74, 6) is 0. The fraction of sp³-hybridized carbons (Fsp3) is 1.00. The van der Waals surface area contributed by atoms with Crippen molar-refractivity contribution in [2.24, 2.45) is 0 Å². The first-order chi connectivity index (χ1) is 17.0. The van der Waals surface area contributed by atoms with E-state index in [2.05, 4.69) is 0 Å². The molecule has 0 aromatic rings. The van der Waals surface area contributed by atoms with Crippen LogP contribution in [0.2, 0.25) is 12.6 Å².